The van der Waals surface area contributed by atoms with E-state index in [2.05, 4.69) is 29.4 Å². The minimum absolute atomic E-state index is 0.333. The Bertz CT molecular complexity index is 636. The van der Waals surface area contributed by atoms with Crippen LogP contribution in [0.15, 0.2) is 42.6 Å². The molecule has 2 nitrogen and oxygen atoms in total. The Morgan fingerprint density at radius 1 is 1.38 bits per heavy atom. The zero-order valence-corrected chi connectivity index (χ0v) is 9.79. The van der Waals surface area contributed by atoms with Gasteiger partial charge in [0.2, 0.25) is 0 Å². The van der Waals surface area contributed by atoms with Gasteiger partial charge in [-0.3, -0.25) is 4.68 Å². The van der Waals surface area contributed by atoms with Gasteiger partial charge in [0, 0.05) is 17.4 Å². The maximum atomic E-state index is 7.62. The minimum Gasteiger partial charge on any atom is -0.264 e. The molecule has 1 aromatic carbocycles. The highest BCUT2D eigenvalue weighted by atomic mass is 32.1. The van der Waals surface area contributed by atoms with E-state index in [9.17, 15) is 0 Å². The van der Waals surface area contributed by atoms with E-state index in [1.54, 1.807) is 11.3 Å². The summed E-state index contributed by atoms with van der Waals surface area (Å²) in [5.41, 5.74) is 1.04. The number of aryl methyl sites for hydroxylation is 1. The van der Waals surface area contributed by atoms with Gasteiger partial charge >= 0.3 is 0 Å². The fourth-order valence-corrected chi connectivity index (χ4v) is 2.92. The number of fused-ring (bicyclic) bond motifs is 1. The molecule has 0 aliphatic carbocycles. The standard InChI is InChI=1S/C13H12N2S/c1-2-15-11(7-8-14-15)13-9-10-5-3-4-6-12(10)16-13/h3-9H,2H2,1H3/i8D. The molecule has 3 rings (SSSR count). The molecule has 0 saturated carbocycles. The lowest BCUT2D eigenvalue weighted by molar-refractivity contribution is 0.668. The van der Waals surface area contributed by atoms with E-state index in [4.69, 9.17) is 1.37 Å². The van der Waals surface area contributed by atoms with Gasteiger partial charge in [-0.05, 0) is 30.5 Å². The molecule has 0 fully saturated rings. The van der Waals surface area contributed by atoms with Gasteiger partial charge in [-0.2, -0.15) is 5.10 Å². The first-order valence-corrected chi connectivity index (χ1v) is 6.13. The zero-order chi connectivity index (χ0) is 11.8. The molecule has 16 heavy (non-hydrogen) atoms. The molecule has 0 bridgehead atoms. The van der Waals surface area contributed by atoms with Crippen molar-refractivity contribution < 1.29 is 1.37 Å². The quantitative estimate of drug-likeness (QED) is 0.654. The van der Waals surface area contributed by atoms with E-state index >= 15 is 0 Å². The normalized spacial score (nSPS) is 11.9. The van der Waals surface area contributed by atoms with Crippen LogP contribution in [0.2, 0.25) is 0 Å². The molecule has 0 unspecified atom stereocenters. The van der Waals surface area contributed by atoms with Crippen LogP contribution in [-0.4, -0.2) is 9.78 Å². The van der Waals surface area contributed by atoms with Crippen molar-refractivity contribution in [3.63, 3.8) is 0 Å². The summed E-state index contributed by atoms with van der Waals surface area (Å²) >= 11 is 1.75. The molecule has 0 N–H and O–H groups in total. The Morgan fingerprint density at radius 2 is 2.25 bits per heavy atom. The minimum atomic E-state index is 0.333. The third-order valence-corrected chi connectivity index (χ3v) is 3.77. The molecule has 0 atom stereocenters. The fraction of sp³-hybridized carbons (Fsp3) is 0.154. The predicted octanol–water partition coefficient (Wildman–Crippen LogP) is 3.78. The van der Waals surface area contributed by atoms with Crippen LogP contribution < -0.4 is 0 Å². The Kier molecular flexibility index (Phi) is 2.00. The number of benzene rings is 1. The lowest BCUT2D eigenvalue weighted by Gasteiger charge is -2.00. The summed E-state index contributed by atoms with van der Waals surface area (Å²) in [6, 6.07) is 12.3. The highest BCUT2D eigenvalue weighted by Crippen LogP contribution is 2.32. The Balaban J connectivity index is 2.19. The third kappa shape index (κ3) is 1.44. The van der Waals surface area contributed by atoms with Crippen molar-refractivity contribution in [1.82, 2.24) is 9.78 Å². The summed E-state index contributed by atoms with van der Waals surface area (Å²) in [6.07, 6.45) is 0.333. The molecule has 0 amide bonds. The van der Waals surface area contributed by atoms with Gasteiger partial charge in [-0.15, -0.1) is 11.3 Å². The Hall–Kier alpha value is -1.61. The number of thiophene rings is 1. The first-order valence-electron chi connectivity index (χ1n) is 5.81. The van der Waals surface area contributed by atoms with Gasteiger partial charge < -0.3 is 0 Å². The predicted molar refractivity (Wildman–Crippen MR) is 68.7 cm³/mol. The summed E-state index contributed by atoms with van der Waals surface area (Å²) in [4.78, 5) is 1.18. The van der Waals surface area contributed by atoms with Gasteiger partial charge in [0.25, 0.3) is 0 Å². The zero-order valence-electron chi connectivity index (χ0n) is 9.97. The highest BCUT2D eigenvalue weighted by molar-refractivity contribution is 7.22. The maximum Gasteiger partial charge on any atom is 0.0860 e. The summed E-state index contributed by atoms with van der Waals surface area (Å²) in [6.45, 7) is 2.84. The lowest BCUT2D eigenvalue weighted by Crippen LogP contribution is -1.97. The molecule has 0 saturated heterocycles. The number of hydrogen-bond acceptors (Lipinski definition) is 2. The summed E-state index contributed by atoms with van der Waals surface area (Å²) in [7, 11) is 0. The molecule has 0 aliphatic heterocycles. The van der Waals surface area contributed by atoms with Crippen molar-refractivity contribution in [3.8, 4) is 10.6 Å². The number of rotatable bonds is 2. The van der Waals surface area contributed by atoms with Gasteiger partial charge in [0.1, 0.15) is 0 Å². The van der Waals surface area contributed by atoms with Gasteiger partial charge in [-0.25, -0.2) is 0 Å². The van der Waals surface area contributed by atoms with Crippen LogP contribution in [0.25, 0.3) is 20.7 Å². The molecule has 3 aromatic rings. The lowest BCUT2D eigenvalue weighted by atomic mass is 10.2. The Labute approximate surface area is 99.6 Å². The maximum absolute atomic E-state index is 7.62. The van der Waals surface area contributed by atoms with E-state index in [1.165, 1.54) is 15.0 Å². The fourth-order valence-electron chi connectivity index (χ4n) is 1.84. The van der Waals surface area contributed by atoms with Crippen LogP contribution >= 0.6 is 11.3 Å². The molecular formula is C13H12N2S. The highest BCUT2D eigenvalue weighted by Gasteiger charge is 2.07. The molecule has 0 radical (unpaired) electrons. The van der Waals surface area contributed by atoms with E-state index in [1.807, 2.05) is 23.7 Å². The monoisotopic (exact) mass is 229 g/mol. The van der Waals surface area contributed by atoms with Crippen molar-refractivity contribution >= 4 is 21.4 Å². The van der Waals surface area contributed by atoms with Crippen LogP contribution in [0, 0.1) is 0 Å². The average molecular weight is 229 g/mol. The molecule has 2 heterocycles. The van der Waals surface area contributed by atoms with Crippen molar-refractivity contribution in [2.45, 2.75) is 13.5 Å². The molecule has 3 heteroatoms. The largest absolute Gasteiger partial charge is 0.264 e. The van der Waals surface area contributed by atoms with Gasteiger partial charge in [0.05, 0.1) is 11.9 Å². The van der Waals surface area contributed by atoms with Crippen LogP contribution in [0.3, 0.4) is 0 Å². The van der Waals surface area contributed by atoms with Gasteiger partial charge in [0.15, 0.2) is 0 Å². The molecule has 80 valence electrons. The first-order chi connectivity index (χ1) is 8.28. The second-order valence-corrected chi connectivity index (χ2v) is 4.71. The number of hydrogen-bond donors (Lipinski definition) is 0. The molecule has 0 spiro atoms. The second-order valence-electron chi connectivity index (χ2n) is 3.62. The van der Waals surface area contributed by atoms with E-state index in [0.717, 1.165) is 12.2 Å². The second kappa shape index (κ2) is 3.76. The average Bonchev–Trinajstić information content (AvgIpc) is 2.91. The first kappa shape index (κ1) is 8.53. The van der Waals surface area contributed by atoms with E-state index in [0.29, 0.717) is 6.17 Å². The van der Waals surface area contributed by atoms with Crippen LogP contribution in [0.5, 0.6) is 0 Å². The van der Waals surface area contributed by atoms with E-state index < -0.39 is 0 Å². The smallest absolute Gasteiger partial charge is 0.0860 e. The van der Waals surface area contributed by atoms with Crippen LogP contribution in [0.4, 0.5) is 0 Å². The van der Waals surface area contributed by atoms with Crippen molar-refractivity contribution in [2.24, 2.45) is 0 Å². The van der Waals surface area contributed by atoms with Crippen LogP contribution in [-0.2, 0) is 6.54 Å². The number of nitrogens with zero attached hydrogens (tertiary/aromatic N) is 2. The summed E-state index contributed by atoms with van der Waals surface area (Å²) in [5, 5.41) is 5.42. The van der Waals surface area contributed by atoms with Gasteiger partial charge in [-0.1, -0.05) is 18.2 Å². The summed E-state index contributed by atoms with van der Waals surface area (Å²) < 4.78 is 10.8. The van der Waals surface area contributed by atoms with Crippen LogP contribution in [0.1, 0.15) is 8.29 Å². The molecular weight excluding hydrogens is 216 g/mol. The summed E-state index contributed by atoms with van der Waals surface area (Å²) in [5.74, 6) is 0. The topological polar surface area (TPSA) is 17.8 Å². The van der Waals surface area contributed by atoms with Crippen molar-refractivity contribution in [3.05, 3.63) is 42.6 Å². The molecule has 2 aromatic heterocycles. The number of aromatic nitrogens is 2. The SMILES string of the molecule is [2H]c1cc(-c2cc3ccccc3s2)n(CC)n1. The van der Waals surface area contributed by atoms with E-state index in [-0.39, 0.29) is 0 Å². The van der Waals surface area contributed by atoms with Crippen molar-refractivity contribution in [2.75, 3.05) is 0 Å². The molecule has 0 aliphatic rings. The third-order valence-electron chi connectivity index (χ3n) is 2.64. The Morgan fingerprint density at radius 3 is 3.06 bits per heavy atom. The van der Waals surface area contributed by atoms with Crippen molar-refractivity contribution in [1.29, 1.82) is 0 Å².